The van der Waals surface area contributed by atoms with Gasteiger partial charge in [-0.1, -0.05) is 48.0 Å². The Hall–Kier alpha value is -3.35. The normalized spacial score (nSPS) is 17.7. The lowest BCUT2D eigenvalue weighted by atomic mass is 10.1. The van der Waals surface area contributed by atoms with Crippen LogP contribution in [0.5, 0.6) is 5.75 Å². The molecule has 6 nitrogen and oxygen atoms in total. The van der Waals surface area contributed by atoms with Gasteiger partial charge in [0.25, 0.3) is 11.8 Å². The molecule has 3 aromatic rings. The zero-order chi connectivity index (χ0) is 23.5. The number of carbonyl (C=O) groups excluding carboxylic acids is 2. The van der Waals surface area contributed by atoms with Crippen LogP contribution in [0.2, 0.25) is 5.02 Å². The number of ether oxygens (including phenoxy) is 1. The summed E-state index contributed by atoms with van der Waals surface area (Å²) in [6.45, 7) is 3.79. The fraction of sp³-hybridized carbons (Fsp3) is 0.259. The van der Waals surface area contributed by atoms with E-state index in [1.807, 2.05) is 53.4 Å². The van der Waals surface area contributed by atoms with E-state index in [0.29, 0.717) is 30.8 Å². The van der Waals surface area contributed by atoms with E-state index in [-0.39, 0.29) is 11.8 Å². The van der Waals surface area contributed by atoms with Crippen LogP contribution in [0, 0.1) is 0 Å². The van der Waals surface area contributed by atoms with Crippen molar-refractivity contribution in [3.05, 3.63) is 94.5 Å². The summed E-state index contributed by atoms with van der Waals surface area (Å²) in [6, 6.07) is 22.7. The summed E-state index contributed by atoms with van der Waals surface area (Å²) in [6.07, 6.45) is -0.0218. The summed E-state index contributed by atoms with van der Waals surface area (Å²) in [5.41, 5.74) is 3.40. The highest BCUT2D eigenvalue weighted by Crippen LogP contribution is 2.28. The summed E-state index contributed by atoms with van der Waals surface area (Å²) < 4.78 is 5.77. The Morgan fingerprint density at radius 1 is 0.941 bits per heavy atom. The molecule has 174 valence electrons. The molecule has 1 saturated heterocycles. The highest BCUT2D eigenvalue weighted by molar-refractivity contribution is 6.30. The number of fused-ring (bicyclic) bond motifs is 1. The molecule has 0 aromatic heterocycles. The lowest BCUT2D eigenvalue weighted by Gasteiger charge is -2.34. The van der Waals surface area contributed by atoms with Gasteiger partial charge in [-0.2, -0.15) is 0 Å². The molecule has 1 unspecified atom stereocenters. The first-order valence-electron chi connectivity index (χ1n) is 11.5. The van der Waals surface area contributed by atoms with E-state index >= 15 is 0 Å². The third-order valence-corrected chi connectivity index (χ3v) is 6.55. The van der Waals surface area contributed by atoms with Crippen molar-refractivity contribution in [3.63, 3.8) is 0 Å². The number of hydrogen-bond acceptors (Lipinski definition) is 4. The highest BCUT2D eigenvalue weighted by Gasteiger charge is 2.29. The van der Waals surface area contributed by atoms with Crippen LogP contribution in [-0.2, 0) is 17.8 Å². The molecule has 2 aliphatic heterocycles. The maximum atomic E-state index is 13.1. The molecule has 2 amide bonds. The molecule has 0 spiro atoms. The average molecular weight is 476 g/mol. The number of anilines is 1. The second-order valence-electron chi connectivity index (χ2n) is 8.68. The van der Waals surface area contributed by atoms with Crippen molar-refractivity contribution in [3.8, 4) is 5.75 Å². The van der Waals surface area contributed by atoms with E-state index in [9.17, 15) is 9.59 Å². The molecule has 7 heteroatoms. The number of benzene rings is 3. The molecule has 1 fully saturated rings. The van der Waals surface area contributed by atoms with Crippen molar-refractivity contribution in [2.75, 3.05) is 31.5 Å². The summed E-state index contributed by atoms with van der Waals surface area (Å²) in [7, 11) is 0. The molecule has 0 bridgehead atoms. The quantitative estimate of drug-likeness (QED) is 0.599. The Morgan fingerprint density at radius 2 is 1.71 bits per heavy atom. The maximum Gasteiger partial charge on any atom is 0.265 e. The van der Waals surface area contributed by atoms with E-state index in [0.717, 1.165) is 36.0 Å². The van der Waals surface area contributed by atoms with Gasteiger partial charge in [0.2, 0.25) is 0 Å². The second-order valence-corrected chi connectivity index (χ2v) is 9.12. The van der Waals surface area contributed by atoms with Gasteiger partial charge in [0, 0.05) is 55.4 Å². The van der Waals surface area contributed by atoms with Crippen LogP contribution in [0.25, 0.3) is 0 Å². The molecule has 1 N–H and O–H groups in total. The van der Waals surface area contributed by atoms with E-state index < -0.39 is 6.10 Å². The number of piperazine rings is 1. The molecular formula is C27H26ClN3O3. The zero-order valence-electron chi connectivity index (χ0n) is 18.7. The predicted molar refractivity (Wildman–Crippen MR) is 132 cm³/mol. The highest BCUT2D eigenvalue weighted by atomic mass is 35.5. The van der Waals surface area contributed by atoms with Crippen molar-refractivity contribution >= 4 is 29.1 Å². The lowest BCUT2D eigenvalue weighted by molar-refractivity contribution is -0.122. The minimum atomic E-state index is -0.564. The molecule has 34 heavy (non-hydrogen) atoms. The van der Waals surface area contributed by atoms with E-state index in [4.69, 9.17) is 16.3 Å². The number of halogens is 1. The predicted octanol–water partition coefficient (Wildman–Crippen LogP) is 4.24. The Balaban J connectivity index is 1.16. The number of para-hydroxylation sites is 1. The van der Waals surface area contributed by atoms with Gasteiger partial charge < -0.3 is 15.0 Å². The van der Waals surface area contributed by atoms with Crippen LogP contribution < -0.4 is 10.1 Å². The molecule has 0 radical (unpaired) electrons. The number of amides is 2. The largest absolute Gasteiger partial charge is 0.480 e. The van der Waals surface area contributed by atoms with Crippen molar-refractivity contribution in [1.82, 2.24) is 9.80 Å². The van der Waals surface area contributed by atoms with Crippen LogP contribution in [0.4, 0.5) is 5.69 Å². The monoisotopic (exact) mass is 475 g/mol. The van der Waals surface area contributed by atoms with Gasteiger partial charge in [-0.15, -0.1) is 0 Å². The Bertz CT molecular complexity index is 1160. The Morgan fingerprint density at radius 3 is 2.47 bits per heavy atom. The van der Waals surface area contributed by atoms with Crippen molar-refractivity contribution in [1.29, 1.82) is 0 Å². The minimum Gasteiger partial charge on any atom is -0.480 e. The Labute approximate surface area is 204 Å². The van der Waals surface area contributed by atoms with Crippen LogP contribution in [0.1, 0.15) is 21.5 Å². The molecule has 2 aliphatic rings. The molecule has 0 saturated carbocycles. The first-order valence-corrected chi connectivity index (χ1v) is 11.8. The van der Waals surface area contributed by atoms with Gasteiger partial charge in [-0.3, -0.25) is 14.5 Å². The standard InChI is InChI=1S/C27H26ClN3O3/c28-22-10-8-19(9-11-22)18-30-12-14-31(15-13-30)27(33)21-5-3-6-23(16-21)29-26(32)25-17-20-4-1-2-7-24(20)34-25/h1-11,16,25H,12-15,17-18H2,(H,29,32). The molecule has 5 rings (SSSR count). The van der Waals surface area contributed by atoms with Crippen molar-refractivity contribution in [2.24, 2.45) is 0 Å². The molecule has 0 aliphatic carbocycles. The van der Waals surface area contributed by atoms with Gasteiger partial charge in [-0.05, 0) is 47.5 Å². The van der Waals surface area contributed by atoms with Gasteiger partial charge in [0.15, 0.2) is 6.10 Å². The van der Waals surface area contributed by atoms with Crippen molar-refractivity contribution in [2.45, 2.75) is 19.1 Å². The fourth-order valence-corrected chi connectivity index (χ4v) is 4.55. The summed E-state index contributed by atoms with van der Waals surface area (Å²) in [4.78, 5) is 30.0. The average Bonchev–Trinajstić information content (AvgIpc) is 3.30. The third kappa shape index (κ3) is 5.08. The smallest absolute Gasteiger partial charge is 0.265 e. The van der Waals surface area contributed by atoms with Crippen LogP contribution >= 0.6 is 11.6 Å². The van der Waals surface area contributed by atoms with Gasteiger partial charge in [0.1, 0.15) is 5.75 Å². The number of nitrogens with zero attached hydrogens (tertiary/aromatic N) is 2. The molecular weight excluding hydrogens is 450 g/mol. The van der Waals surface area contributed by atoms with Crippen LogP contribution in [0.3, 0.4) is 0 Å². The molecule has 1 atom stereocenters. The fourth-order valence-electron chi connectivity index (χ4n) is 4.42. The van der Waals surface area contributed by atoms with Crippen LogP contribution in [-0.4, -0.2) is 53.9 Å². The SMILES string of the molecule is O=C(Nc1cccc(C(=O)N2CCN(Cc3ccc(Cl)cc3)CC2)c1)C1Cc2ccccc2O1. The topological polar surface area (TPSA) is 61.9 Å². The second kappa shape index (κ2) is 9.87. The van der Waals surface area contributed by atoms with E-state index in [1.165, 1.54) is 5.56 Å². The maximum absolute atomic E-state index is 13.1. The number of nitrogens with one attached hydrogen (secondary N) is 1. The molecule has 2 heterocycles. The Kier molecular flexibility index (Phi) is 6.52. The number of carbonyl (C=O) groups is 2. The zero-order valence-corrected chi connectivity index (χ0v) is 19.5. The first kappa shape index (κ1) is 22.4. The van der Waals surface area contributed by atoms with Gasteiger partial charge >= 0.3 is 0 Å². The lowest BCUT2D eigenvalue weighted by Crippen LogP contribution is -2.48. The van der Waals surface area contributed by atoms with Crippen molar-refractivity contribution < 1.29 is 14.3 Å². The summed E-state index contributed by atoms with van der Waals surface area (Å²) in [5.74, 6) is 0.519. The summed E-state index contributed by atoms with van der Waals surface area (Å²) >= 11 is 5.97. The minimum absolute atomic E-state index is 0.0215. The van der Waals surface area contributed by atoms with E-state index in [1.54, 1.807) is 24.3 Å². The number of hydrogen-bond donors (Lipinski definition) is 1. The van der Waals surface area contributed by atoms with Gasteiger partial charge in [-0.25, -0.2) is 0 Å². The summed E-state index contributed by atoms with van der Waals surface area (Å²) in [5, 5.41) is 3.64. The van der Waals surface area contributed by atoms with Crippen LogP contribution in [0.15, 0.2) is 72.8 Å². The molecule has 3 aromatic carbocycles. The number of rotatable bonds is 5. The van der Waals surface area contributed by atoms with Gasteiger partial charge in [0.05, 0.1) is 0 Å². The first-order chi connectivity index (χ1) is 16.5. The third-order valence-electron chi connectivity index (χ3n) is 6.30. The van der Waals surface area contributed by atoms with E-state index in [2.05, 4.69) is 10.2 Å².